The third-order valence-corrected chi connectivity index (χ3v) is 4.90. The largest absolute Gasteiger partial charge is 0.486 e. The second-order valence-electron chi connectivity index (χ2n) is 6.87. The molecular weight excluding hydrogens is 326 g/mol. The molecule has 1 fully saturated rings. The van der Waals surface area contributed by atoms with Gasteiger partial charge in [-0.25, -0.2) is 0 Å². The number of nitrogens with two attached hydrogens (primary N) is 2. The molecule has 26 heavy (non-hydrogen) atoms. The van der Waals surface area contributed by atoms with Crippen molar-refractivity contribution in [3.05, 3.63) is 42.5 Å². The maximum Gasteiger partial charge on any atom is 0.169 e. The Hall–Kier alpha value is -2.40. The SMILES string of the molecule is CCCC(Oc1ccccc1Oc1ccc(N)c(N)c1)C1CCNCC1. The van der Waals surface area contributed by atoms with Gasteiger partial charge < -0.3 is 26.3 Å². The van der Waals surface area contributed by atoms with E-state index < -0.39 is 0 Å². The van der Waals surface area contributed by atoms with E-state index in [9.17, 15) is 0 Å². The monoisotopic (exact) mass is 355 g/mol. The highest BCUT2D eigenvalue weighted by Crippen LogP contribution is 2.35. The van der Waals surface area contributed by atoms with Gasteiger partial charge in [0.1, 0.15) is 11.9 Å². The molecule has 1 saturated heterocycles. The lowest BCUT2D eigenvalue weighted by molar-refractivity contribution is 0.100. The van der Waals surface area contributed by atoms with E-state index in [-0.39, 0.29) is 6.10 Å². The fourth-order valence-electron chi connectivity index (χ4n) is 3.43. The van der Waals surface area contributed by atoms with Crippen LogP contribution in [-0.4, -0.2) is 19.2 Å². The van der Waals surface area contributed by atoms with Gasteiger partial charge in [0.05, 0.1) is 11.4 Å². The molecule has 5 N–H and O–H groups in total. The van der Waals surface area contributed by atoms with Crippen molar-refractivity contribution < 1.29 is 9.47 Å². The quantitative estimate of drug-likeness (QED) is 0.649. The topological polar surface area (TPSA) is 82.5 Å². The number of rotatable bonds is 7. The molecule has 0 radical (unpaired) electrons. The molecule has 0 bridgehead atoms. The molecule has 0 aliphatic carbocycles. The van der Waals surface area contributed by atoms with E-state index in [0.717, 1.165) is 44.5 Å². The van der Waals surface area contributed by atoms with Crippen LogP contribution in [-0.2, 0) is 0 Å². The van der Waals surface area contributed by atoms with Gasteiger partial charge in [-0.1, -0.05) is 25.5 Å². The predicted octanol–water partition coefficient (Wildman–Crippen LogP) is 4.19. The van der Waals surface area contributed by atoms with Gasteiger partial charge in [0.25, 0.3) is 0 Å². The van der Waals surface area contributed by atoms with Crippen molar-refractivity contribution in [1.82, 2.24) is 5.32 Å². The average molecular weight is 355 g/mol. The van der Waals surface area contributed by atoms with Gasteiger partial charge in [-0.05, 0) is 62.5 Å². The van der Waals surface area contributed by atoms with Crippen molar-refractivity contribution in [2.45, 2.75) is 38.7 Å². The number of anilines is 2. The number of benzene rings is 2. The van der Waals surface area contributed by atoms with Gasteiger partial charge in [0, 0.05) is 6.07 Å². The van der Waals surface area contributed by atoms with Gasteiger partial charge in [-0.3, -0.25) is 0 Å². The molecule has 0 saturated carbocycles. The summed E-state index contributed by atoms with van der Waals surface area (Å²) in [7, 11) is 0. The first kappa shape index (κ1) is 18.4. The van der Waals surface area contributed by atoms with Crippen LogP contribution in [0.25, 0.3) is 0 Å². The molecule has 2 aromatic rings. The third kappa shape index (κ3) is 4.61. The molecule has 1 atom stereocenters. The molecule has 140 valence electrons. The van der Waals surface area contributed by atoms with Gasteiger partial charge in [0.15, 0.2) is 11.5 Å². The minimum atomic E-state index is 0.211. The van der Waals surface area contributed by atoms with Crippen molar-refractivity contribution >= 4 is 11.4 Å². The number of nitrogens with one attached hydrogen (secondary N) is 1. The van der Waals surface area contributed by atoms with Crippen LogP contribution in [0.4, 0.5) is 11.4 Å². The minimum Gasteiger partial charge on any atom is -0.486 e. The summed E-state index contributed by atoms with van der Waals surface area (Å²) in [4.78, 5) is 0. The summed E-state index contributed by atoms with van der Waals surface area (Å²) in [5, 5.41) is 3.43. The van der Waals surface area contributed by atoms with Crippen LogP contribution < -0.4 is 26.3 Å². The third-order valence-electron chi connectivity index (χ3n) is 4.90. The molecule has 5 heteroatoms. The first-order valence-corrected chi connectivity index (χ1v) is 9.46. The van der Waals surface area contributed by atoms with Crippen molar-refractivity contribution in [3.8, 4) is 17.2 Å². The fourth-order valence-corrected chi connectivity index (χ4v) is 3.43. The lowest BCUT2D eigenvalue weighted by Crippen LogP contribution is -2.36. The molecule has 3 rings (SSSR count). The highest BCUT2D eigenvalue weighted by atomic mass is 16.5. The smallest absolute Gasteiger partial charge is 0.169 e. The van der Waals surface area contributed by atoms with Crippen molar-refractivity contribution in [1.29, 1.82) is 0 Å². The van der Waals surface area contributed by atoms with Crippen LogP contribution in [0.5, 0.6) is 17.2 Å². The average Bonchev–Trinajstić information content (AvgIpc) is 2.66. The molecule has 1 heterocycles. The van der Waals surface area contributed by atoms with E-state index in [4.69, 9.17) is 20.9 Å². The van der Waals surface area contributed by atoms with E-state index >= 15 is 0 Å². The van der Waals surface area contributed by atoms with E-state index in [2.05, 4.69) is 12.2 Å². The molecule has 0 amide bonds. The van der Waals surface area contributed by atoms with Crippen molar-refractivity contribution in [2.24, 2.45) is 5.92 Å². The maximum absolute atomic E-state index is 6.44. The normalized spacial score (nSPS) is 16.2. The zero-order valence-electron chi connectivity index (χ0n) is 15.4. The first-order chi connectivity index (χ1) is 12.7. The Balaban J connectivity index is 1.77. The lowest BCUT2D eigenvalue weighted by Gasteiger charge is -2.31. The summed E-state index contributed by atoms with van der Waals surface area (Å²) in [6.07, 6.45) is 4.67. The van der Waals surface area contributed by atoms with Crippen LogP contribution >= 0.6 is 0 Å². The summed E-state index contributed by atoms with van der Waals surface area (Å²) < 4.78 is 12.5. The maximum atomic E-state index is 6.44. The molecule has 2 aromatic carbocycles. The van der Waals surface area contributed by atoms with Gasteiger partial charge in [0.2, 0.25) is 0 Å². The van der Waals surface area contributed by atoms with Crippen LogP contribution in [0.15, 0.2) is 42.5 Å². The Kier molecular flexibility index (Phi) is 6.23. The number of hydrogen-bond acceptors (Lipinski definition) is 5. The first-order valence-electron chi connectivity index (χ1n) is 9.46. The molecule has 0 spiro atoms. The Morgan fingerprint density at radius 3 is 2.46 bits per heavy atom. The zero-order chi connectivity index (χ0) is 18.4. The minimum absolute atomic E-state index is 0.211. The molecule has 1 aliphatic heterocycles. The van der Waals surface area contributed by atoms with E-state index in [1.807, 2.05) is 30.3 Å². The number of nitrogen functional groups attached to an aromatic ring is 2. The molecule has 5 nitrogen and oxygen atoms in total. The van der Waals surface area contributed by atoms with Crippen molar-refractivity contribution in [2.75, 3.05) is 24.6 Å². The summed E-state index contributed by atoms with van der Waals surface area (Å²) in [5.74, 6) is 2.71. The summed E-state index contributed by atoms with van der Waals surface area (Å²) in [5.41, 5.74) is 12.7. The van der Waals surface area contributed by atoms with Gasteiger partial charge in [-0.15, -0.1) is 0 Å². The molecule has 1 aliphatic rings. The number of para-hydroxylation sites is 2. The zero-order valence-corrected chi connectivity index (χ0v) is 15.4. The van der Waals surface area contributed by atoms with E-state index in [1.54, 1.807) is 12.1 Å². The molecule has 1 unspecified atom stereocenters. The number of ether oxygens (including phenoxy) is 2. The Morgan fingerprint density at radius 1 is 1.04 bits per heavy atom. The second-order valence-corrected chi connectivity index (χ2v) is 6.87. The fraction of sp³-hybridized carbons (Fsp3) is 0.429. The van der Waals surface area contributed by atoms with E-state index in [1.165, 1.54) is 0 Å². The highest BCUT2D eigenvalue weighted by Gasteiger charge is 2.25. The van der Waals surface area contributed by atoms with Gasteiger partial charge >= 0.3 is 0 Å². The Bertz CT molecular complexity index is 714. The second kappa shape index (κ2) is 8.81. The van der Waals surface area contributed by atoms with E-state index in [0.29, 0.717) is 28.8 Å². The van der Waals surface area contributed by atoms with Crippen molar-refractivity contribution in [3.63, 3.8) is 0 Å². The predicted molar refractivity (Wildman–Crippen MR) is 107 cm³/mol. The molecular formula is C21H29N3O2. The highest BCUT2D eigenvalue weighted by molar-refractivity contribution is 5.65. The van der Waals surface area contributed by atoms with Gasteiger partial charge in [-0.2, -0.15) is 0 Å². The lowest BCUT2D eigenvalue weighted by atomic mass is 9.89. The van der Waals surface area contributed by atoms with Crippen LogP contribution in [0.2, 0.25) is 0 Å². The van der Waals surface area contributed by atoms with Crippen LogP contribution in [0, 0.1) is 5.92 Å². The summed E-state index contributed by atoms with van der Waals surface area (Å²) in [6.45, 7) is 4.34. The van der Waals surface area contributed by atoms with Crippen LogP contribution in [0.1, 0.15) is 32.6 Å². The standard InChI is InChI=1S/C21H29N3O2/c1-2-5-19(15-10-12-24-13-11-15)26-21-7-4-3-6-20(21)25-16-8-9-17(22)18(23)14-16/h3-4,6-9,14-15,19,24H,2,5,10-13,22-23H2,1H3. The molecule has 0 aromatic heterocycles. The number of hydrogen-bond donors (Lipinski definition) is 3. The number of piperidine rings is 1. The Morgan fingerprint density at radius 2 is 1.77 bits per heavy atom. The summed E-state index contributed by atoms with van der Waals surface area (Å²) in [6, 6.07) is 13.1. The Labute approximate surface area is 155 Å². The van der Waals surface area contributed by atoms with Crippen LogP contribution in [0.3, 0.4) is 0 Å². The summed E-state index contributed by atoms with van der Waals surface area (Å²) >= 11 is 0.